The zero-order valence-corrected chi connectivity index (χ0v) is 12.7. The van der Waals surface area contributed by atoms with Crippen LogP contribution < -0.4 is 5.32 Å². The number of rotatable bonds is 8. The Balaban J connectivity index is 1.74. The summed E-state index contributed by atoms with van der Waals surface area (Å²) in [5, 5.41) is 3.63. The number of hydrogen-bond acceptors (Lipinski definition) is 1. The van der Waals surface area contributed by atoms with E-state index in [2.05, 4.69) is 72.4 Å². The molecule has 0 spiro atoms. The van der Waals surface area contributed by atoms with E-state index >= 15 is 0 Å². The number of aromatic nitrogens is 1. The molecule has 0 aliphatic heterocycles. The Morgan fingerprint density at radius 3 is 2.65 bits per heavy atom. The summed E-state index contributed by atoms with van der Waals surface area (Å²) in [5.74, 6) is 0. The average Bonchev–Trinajstić information content (AvgIpc) is 2.92. The fraction of sp³-hybridized carbons (Fsp3) is 0.444. The van der Waals surface area contributed by atoms with E-state index in [1.54, 1.807) is 0 Å². The fourth-order valence-electron chi connectivity index (χ4n) is 2.48. The van der Waals surface area contributed by atoms with Gasteiger partial charge in [-0.05, 0) is 43.9 Å². The van der Waals surface area contributed by atoms with Crippen molar-refractivity contribution < 1.29 is 0 Å². The zero-order valence-electron chi connectivity index (χ0n) is 12.7. The van der Waals surface area contributed by atoms with Gasteiger partial charge in [-0.3, -0.25) is 0 Å². The van der Waals surface area contributed by atoms with Gasteiger partial charge < -0.3 is 9.88 Å². The predicted molar refractivity (Wildman–Crippen MR) is 85.8 cm³/mol. The first-order valence-electron chi connectivity index (χ1n) is 7.71. The van der Waals surface area contributed by atoms with Gasteiger partial charge in [0.2, 0.25) is 0 Å². The van der Waals surface area contributed by atoms with Gasteiger partial charge in [0, 0.05) is 31.0 Å². The van der Waals surface area contributed by atoms with Gasteiger partial charge in [-0.15, -0.1) is 0 Å². The molecule has 1 heterocycles. The summed E-state index contributed by atoms with van der Waals surface area (Å²) in [6.45, 7) is 6.57. The Labute approximate surface area is 122 Å². The number of benzene rings is 1. The minimum Gasteiger partial charge on any atom is -0.350 e. The van der Waals surface area contributed by atoms with Crippen LogP contribution in [0.4, 0.5) is 0 Å². The maximum Gasteiger partial charge on any atom is 0.0361 e. The molecule has 1 atom stereocenters. The normalized spacial score (nSPS) is 12.5. The monoisotopic (exact) mass is 270 g/mol. The minimum atomic E-state index is 0.542. The van der Waals surface area contributed by atoms with Gasteiger partial charge >= 0.3 is 0 Å². The van der Waals surface area contributed by atoms with E-state index in [1.165, 1.54) is 24.1 Å². The third kappa shape index (κ3) is 4.53. The Hall–Kier alpha value is -1.54. The van der Waals surface area contributed by atoms with Gasteiger partial charge in [0.05, 0.1) is 0 Å². The number of nitrogens with zero attached hydrogens (tertiary/aromatic N) is 1. The topological polar surface area (TPSA) is 17.0 Å². The molecule has 1 aromatic heterocycles. The molecule has 20 heavy (non-hydrogen) atoms. The van der Waals surface area contributed by atoms with E-state index in [9.17, 15) is 0 Å². The van der Waals surface area contributed by atoms with Gasteiger partial charge in [-0.1, -0.05) is 37.3 Å². The molecular formula is C18H26N2. The van der Waals surface area contributed by atoms with E-state index in [4.69, 9.17) is 0 Å². The summed E-state index contributed by atoms with van der Waals surface area (Å²) in [7, 11) is 0. The number of hydrogen-bond donors (Lipinski definition) is 1. The standard InChI is InChI=1S/C18H26N2/c1-3-13-20-14-7-10-18(20)15-19-16(2)11-12-17-8-5-4-6-9-17/h4-10,14,16,19H,3,11-13,15H2,1-2H3. The van der Waals surface area contributed by atoms with Crippen LogP contribution in [0.1, 0.15) is 37.9 Å². The maximum absolute atomic E-state index is 3.63. The van der Waals surface area contributed by atoms with Crippen molar-refractivity contribution in [1.29, 1.82) is 0 Å². The highest BCUT2D eigenvalue weighted by Gasteiger charge is 2.04. The van der Waals surface area contributed by atoms with Crippen molar-refractivity contribution in [2.75, 3.05) is 0 Å². The van der Waals surface area contributed by atoms with Crippen molar-refractivity contribution in [2.24, 2.45) is 0 Å². The molecule has 1 N–H and O–H groups in total. The molecule has 0 saturated heterocycles. The highest BCUT2D eigenvalue weighted by atomic mass is 15.0. The molecule has 0 aliphatic rings. The summed E-state index contributed by atoms with van der Waals surface area (Å²) < 4.78 is 2.34. The highest BCUT2D eigenvalue weighted by Crippen LogP contribution is 2.07. The zero-order chi connectivity index (χ0) is 14.2. The van der Waals surface area contributed by atoms with Gasteiger partial charge in [0.15, 0.2) is 0 Å². The smallest absolute Gasteiger partial charge is 0.0361 e. The molecule has 0 saturated carbocycles. The Kier molecular flexibility index (Phi) is 5.87. The molecule has 2 aromatic rings. The molecule has 2 heteroatoms. The first-order valence-corrected chi connectivity index (χ1v) is 7.71. The second kappa shape index (κ2) is 7.91. The molecule has 2 rings (SSSR count). The lowest BCUT2D eigenvalue weighted by Gasteiger charge is -2.15. The lowest BCUT2D eigenvalue weighted by atomic mass is 10.1. The molecule has 0 bridgehead atoms. The molecular weight excluding hydrogens is 244 g/mol. The molecule has 0 radical (unpaired) electrons. The van der Waals surface area contributed by atoms with Gasteiger partial charge in [-0.2, -0.15) is 0 Å². The predicted octanol–water partition coefficient (Wildman–Crippen LogP) is 4.01. The van der Waals surface area contributed by atoms with E-state index in [1.807, 2.05) is 0 Å². The lowest BCUT2D eigenvalue weighted by molar-refractivity contribution is 0.497. The molecule has 108 valence electrons. The van der Waals surface area contributed by atoms with Crippen LogP contribution in [0.2, 0.25) is 0 Å². The molecule has 0 aliphatic carbocycles. The molecule has 2 nitrogen and oxygen atoms in total. The van der Waals surface area contributed by atoms with Crippen LogP contribution in [-0.2, 0) is 19.5 Å². The number of aryl methyl sites for hydroxylation is 2. The van der Waals surface area contributed by atoms with Crippen LogP contribution in [0, 0.1) is 0 Å². The van der Waals surface area contributed by atoms with Gasteiger partial charge in [-0.25, -0.2) is 0 Å². The Morgan fingerprint density at radius 1 is 1.10 bits per heavy atom. The van der Waals surface area contributed by atoms with Crippen LogP contribution >= 0.6 is 0 Å². The SMILES string of the molecule is CCCn1cccc1CNC(C)CCc1ccccc1. The fourth-order valence-corrected chi connectivity index (χ4v) is 2.48. The van der Waals surface area contributed by atoms with Crippen molar-refractivity contribution in [1.82, 2.24) is 9.88 Å². The molecule has 1 unspecified atom stereocenters. The first-order chi connectivity index (χ1) is 9.79. The second-order valence-corrected chi connectivity index (χ2v) is 5.50. The summed E-state index contributed by atoms with van der Waals surface area (Å²) >= 11 is 0. The van der Waals surface area contributed by atoms with Crippen LogP contribution in [-0.4, -0.2) is 10.6 Å². The third-order valence-electron chi connectivity index (χ3n) is 3.73. The summed E-state index contributed by atoms with van der Waals surface area (Å²) in [5.41, 5.74) is 2.81. The maximum atomic E-state index is 3.63. The van der Waals surface area contributed by atoms with Crippen LogP contribution in [0.15, 0.2) is 48.7 Å². The third-order valence-corrected chi connectivity index (χ3v) is 3.73. The average molecular weight is 270 g/mol. The Bertz CT molecular complexity index is 487. The van der Waals surface area contributed by atoms with Gasteiger partial charge in [0.1, 0.15) is 0 Å². The van der Waals surface area contributed by atoms with E-state index in [0.717, 1.165) is 19.5 Å². The van der Waals surface area contributed by atoms with Crippen molar-refractivity contribution in [2.45, 2.75) is 52.2 Å². The molecule has 1 aromatic carbocycles. The van der Waals surface area contributed by atoms with Crippen molar-refractivity contribution in [3.63, 3.8) is 0 Å². The summed E-state index contributed by atoms with van der Waals surface area (Å²) in [6, 6.07) is 15.6. The van der Waals surface area contributed by atoms with Gasteiger partial charge in [0.25, 0.3) is 0 Å². The molecule has 0 amide bonds. The van der Waals surface area contributed by atoms with E-state index in [-0.39, 0.29) is 0 Å². The van der Waals surface area contributed by atoms with Crippen LogP contribution in [0.3, 0.4) is 0 Å². The quantitative estimate of drug-likeness (QED) is 0.767. The Morgan fingerprint density at radius 2 is 1.90 bits per heavy atom. The first kappa shape index (κ1) is 14.9. The van der Waals surface area contributed by atoms with Crippen molar-refractivity contribution in [3.8, 4) is 0 Å². The summed E-state index contributed by atoms with van der Waals surface area (Å²) in [6.07, 6.45) is 5.68. The van der Waals surface area contributed by atoms with E-state index in [0.29, 0.717) is 6.04 Å². The van der Waals surface area contributed by atoms with E-state index < -0.39 is 0 Å². The van der Waals surface area contributed by atoms with Crippen LogP contribution in [0.25, 0.3) is 0 Å². The van der Waals surface area contributed by atoms with Crippen molar-refractivity contribution >= 4 is 0 Å². The van der Waals surface area contributed by atoms with Crippen LogP contribution in [0.5, 0.6) is 0 Å². The largest absolute Gasteiger partial charge is 0.350 e. The molecule has 0 fully saturated rings. The van der Waals surface area contributed by atoms with Crippen molar-refractivity contribution in [3.05, 3.63) is 59.9 Å². The minimum absolute atomic E-state index is 0.542. The second-order valence-electron chi connectivity index (χ2n) is 5.50. The highest BCUT2D eigenvalue weighted by molar-refractivity contribution is 5.14. The lowest BCUT2D eigenvalue weighted by Crippen LogP contribution is -2.27. The summed E-state index contributed by atoms with van der Waals surface area (Å²) in [4.78, 5) is 0. The number of nitrogens with one attached hydrogen (secondary N) is 1.